The van der Waals surface area contributed by atoms with E-state index in [1.807, 2.05) is 23.8 Å². The molecule has 4 heteroatoms. The van der Waals surface area contributed by atoms with Crippen LogP contribution in [0.5, 0.6) is 0 Å². The molecular formula is C14H22N4. The molecule has 0 unspecified atom stereocenters. The Balaban J connectivity index is 2.10. The van der Waals surface area contributed by atoms with Crippen LogP contribution in [-0.2, 0) is 6.54 Å². The van der Waals surface area contributed by atoms with Gasteiger partial charge in [-0.2, -0.15) is 0 Å². The van der Waals surface area contributed by atoms with Crippen LogP contribution < -0.4 is 5.73 Å². The molecule has 2 aromatic heterocycles. The molecule has 0 aliphatic carbocycles. The van der Waals surface area contributed by atoms with Gasteiger partial charge < -0.3 is 5.73 Å². The Morgan fingerprint density at radius 1 is 1.33 bits per heavy atom. The van der Waals surface area contributed by atoms with Crippen LogP contribution in [-0.4, -0.2) is 14.5 Å². The summed E-state index contributed by atoms with van der Waals surface area (Å²) >= 11 is 0. The van der Waals surface area contributed by atoms with Crippen LogP contribution >= 0.6 is 0 Å². The first-order valence-electron chi connectivity index (χ1n) is 6.66. The van der Waals surface area contributed by atoms with E-state index in [9.17, 15) is 0 Å². The zero-order valence-electron chi connectivity index (χ0n) is 11.5. The minimum Gasteiger partial charge on any atom is -0.369 e. The van der Waals surface area contributed by atoms with E-state index in [4.69, 9.17) is 5.73 Å². The molecule has 4 nitrogen and oxygen atoms in total. The highest BCUT2D eigenvalue weighted by atomic mass is 15.2. The van der Waals surface area contributed by atoms with Crippen molar-refractivity contribution in [2.75, 3.05) is 5.73 Å². The maximum absolute atomic E-state index is 5.96. The van der Waals surface area contributed by atoms with Crippen molar-refractivity contribution in [1.29, 1.82) is 0 Å². The highest BCUT2D eigenvalue weighted by Crippen LogP contribution is 2.18. The first kappa shape index (κ1) is 12.9. The molecule has 2 aromatic rings. The second-order valence-corrected chi connectivity index (χ2v) is 5.37. The number of aryl methyl sites for hydroxylation is 2. The number of nitrogens with zero attached hydrogens (tertiary/aromatic N) is 3. The Bertz CT molecular complexity index is 528. The quantitative estimate of drug-likeness (QED) is 0.824. The number of nitrogens with two attached hydrogens (primary N) is 1. The van der Waals surface area contributed by atoms with Crippen LogP contribution in [0.4, 0.5) is 5.95 Å². The van der Waals surface area contributed by atoms with Gasteiger partial charge in [-0.05, 0) is 30.9 Å². The van der Waals surface area contributed by atoms with Crippen molar-refractivity contribution < 1.29 is 0 Å². The maximum atomic E-state index is 5.96. The molecule has 2 rings (SSSR count). The van der Waals surface area contributed by atoms with Crippen molar-refractivity contribution in [2.45, 2.75) is 46.6 Å². The molecule has 0 aromatic carbocycles. The average molecular weight is 246 g/mol. The number of hydrogen-bond donors (Lipinski definition) is 1. The summed E-state index contributed by atoms with van der Waals surface area (Å²) in [5.74, 6) is 1.34. The lowest BCUT2D eigenvalue weighted by molar-refractivity contribution is 0.513. The van der Waals surface area contributed by atoms with Crippen LogP contribution in [0.1, 0.15) is 38.7 Å². The lowest BCUT2D eigenvalue weighted by atomic mass is 10.1. The number of pyridine rings is 1. The highest BCUT2D eigenvalue weighted by Gasteiger charge is 2.09. The number of hydrogen-bond acceptors (Lipinski definition) is 3. The Kier molecular flexibility index (Phi) is 3.84. The first-order valence-corrected chi connectivity index (χ1v) is 6.66. The molecule has 2 heterocycles. The van der Waals surface area contributed by atoms with Gasteiger partial charge in [0.05, 0.1) is 0 Å². The van der Waals surface area contributed by atoms with E-state index in [-0.39, 0.29) is 0 Å². The largest absolute Gasteiger partial charge is 0.369 e. The molecule has 0 aliphatic heterocycles. The van der Waals surface area contributed by atoms with E-state index in [1.54, 1.807) is 0 Å². The molecule has 0 radical (unpaired) electrons. The first-order chi connectivity index (χ1) is 8.58. The Hall–Kier alpha value is -1.58. The number of anilines is 1. The van der Waals surface area contributed by atoms with Crippen LogP contribution in [0.15, 0.2) is 12.3 Å². The monoisotopic (exact) mass is 246 g/mol. The Labute approximate surface area is 108 Å². The summed E-state index contributed by atoms with van der Waals surface area (Å²) < 4.78 is 2.02. The van der Waals surface area contributed by atoms with Gasteiger partial charge in [-0.25, -0.2) is 9.97 Å². The minimum absolute atomic E-state index is 0.577. The summed E-state index contributed by atoms with van der Waals surface area (Å²) in [6.45, 7) is 7.44. The molecule has 2 N–H and O–H groups in total. The summed E-state index contributed by atoms with van der Waals surface area (Å²) in [6.07, 6.45) is 5.49. The minimum atomic E-state index is 0.577. The predicted octanol–water partition coefficient (Wildman–Crippen LogP) is 3.15. The molecule has 98 valence electrons. The molecule has 0 saturated carbocycles. The fraction of sp³-hybridized carbons (Fsp3) is 0.571. The summed E-state index contributed by atoms with van der Waals surface area (Å²) in [4.78, 5) is 8.80. The summed E-state index contributed by atoms with van der Waals surface area (Å²) in [5, 5.41) is 0. The van der Waals surface area contributed by atoms with Crippen molar-refractivity contribution in [2.24, 2.45) is 5.92 Å². The second-order valence-electron chi connectivity index (χ2n) is 5.37. The summed E-state index contributed by atoms with van der Waals surface area (Å²) in [7, 11) is 0. The van der Waals surface area contributed by atoms with E-state index >= 15 is 0 Å². The molecule has 0 amide bonds. The van der Waals surface area contributed by atoms with Crippen molar-refractivity contribution in [3.8, 4) is 0 Å². The molecular weight excluding hydrogens is 224 g/mol. The van der Waals surface area contributed by atoms with Gasteiger partial charge in [-0.15, -0.1) is 0 Å². The third-order valence-corrected chi connectivity index (χ3v) is 3.16. The van der Waals surface area contributed by atoms with E-state index in [2.05, 4.69) is 23.8 Å². The summed E-state index contributed by atoms with van der Waals surface area (Å²) in [5.41, 5.74) is 8.88. The predicted molar refractivity (Wildman–Crippen MR) is 75.4 cm³/mol. The van der Waals surface area contributed by atoms with Gasteiger partial charge in [0.1, 0.15) is 5.52 Å². The van der Waals surface area contributed by atoms with Gasteiger partial charge >= 0.3 is 0 Å². The standard InChI is InChI=1S/C14H22N4/c1-10(2)6-4-5-7-18-13-12(17-14(18)15)8-11(3)9-16-13/h8-10H,4-7H2,1-3H3,(H2,15,17). The average Bonchev–Trinajstić information content (AvgIpc) is 2.59. The van der Waals surface area contributed by atoms with Crippen molar-refractivity contribution in [3.63, 3.8) is 0 Å². The van der Waals surface area contributed by atoms with Gasteiger partial charge in [0.25, 0.3) is 0 Å². The van der Waals surface area contributed by atoms with Crippen molar-refractivity contribution in [1.82, 2.24) is 14.5 Å². The van der Waals surface area contributed by atoms with Crippen LogP contribution in [0.2, 0.25) is 0 Å². The third kappa shape index (κ3) is 2.81. The molecule has 0 aliphatic rings. The van der Waals surface area contributed by atoms with Crippen molar-refractivity contribution >= 4 is 17.1 Å². The van der Waals surface area contributed by atoms with Gasteiger partial charge in [0.15, 0.2) is 5.65 Å². The third-order valence-electron chi connectivity index (χ3n) is 3.16. The second kappa shape index (κ2) is 5.38. The van der Waals surface area contributed by atoms with Gasteiger partial charge in [-0.3, -0.25) is 4.57 Å². The normalized spacial score (nSPS) is 11.6. The fourth-order valence-electron chi connectivity index (χ4n) is 2.17. The zero-order chi connectivity index (χ0) is 13.1. The van der Waals surface area contributed by atoms with Gasteiger partial charge in [0.2, 0.25) is 5.95 Å². The number of nitrogen functional groups attached to an aromatic ring is 1. The van der Waals surface area contributed by atoms with Gasteiger partial charge in [-0.1, -0.05) is 26.7 Å². The number of unbranched alkanes of at least 4 members (excludes halogenated alkanes) is 1. The van der Waals surface area contributed by atoms with Crippen molar-refractivity contribution in [3.05, 3.63) is 17.8 Å². The molecule has 18 heavy (non-hydrogen) atoms. The maximum Gasteiger partial charge on any atom is 0.202 e. The van der Waals surface area contributed by atoms with E-state index < -0.39 is 0 Å². The molecule has 0 atom stereocenters. The van der Waals surface area contributed by atoms with E-state index in [1.165, 1.54) is 12.8 Å². The number of rotatable bonds is 5. The lowest BCUT2D eigenvalue weighted by Crippen LogP contribution is -2.04. The fourth-order valence-corrected chi connectivity index (χ4v) is 2.17. The number of fused-ring (bicyclic) bond motifs is 1. The van der Waals surface area contributed by atoms with Crippen LogP contribution in [0.3, 0.4) is 0 Å². The molecule has 0 fully saturated rings. The number of aromatic nitrogens is 3. The molecule has 0 saturated heterocycles. The molecule has 0 spiro atoms. The smallest absolute Gasteiger partial charge is 0.202 e. The lowest BCUT2D eigenvalue weighted by Gasteiger charge is -2.07. The Morgan fingerprint density at radius 3 is 2.83 bits per heavy atom. The van der Waals surface area contributed by atoms with Gasteiger partial charge in [0, 0.05) is 12.7 Å². The zero-order valence-corrected chi connectivity index (χ0v) is 11.5. The highest BCUT2D eigenvalue weighted by molar-refractivity contribution is 5.74. The molecule has 0 bridgehead atoms. The van der Waals surface area contributed by atoms with E-state index in [0.717, 1.165) is 35.6 Å². The van der Waals surface area contributed by atoms with Crippen LogP contribution in [0.25, 0.3) is 11.2 Å². The summed E-state index contributed by atoms with van der Waals surface area (Å²) in [6, 6.07) is 2.03. The Morgan fingerprint density at radius 2 is 2.11 bits per heavy atom. The SMILES string of the molecule is Cc1cnc2c(c1)nc(N)n2CCCCC(C)C. The van der Waals surface area contributed by atoms with E-state index in [0.29, 0.717) is 5.95 Å². The topological polar surface area (TPSA) is 56.7 Å². The van der Waals surface area contributed by atoms with Crippen LogP contribution in [0, 0.1) is 12.8 Å². The number of imidazole rings is 1.